The van der Waals surface area contributed by atoms with Gasteiger partial charge in [0, 0.05) is 0 Å². The van der Waals surface area contributed by atoms with Crippen molar-refractivity contribution >= 4 is 23.9 Å². The fourth-order valence-electron chi connectivity index (χ4n) is 3.84. The Morgan fingerprint density at radius 1 is 0.483 bits per heavy atom. The van der Waals surface area contributed by atoms with Gasteiger partial charge in [0.15, 0.2) is 0 Å². The van der Waals surface area contributed by atoms with Crippen molar-refractivity contribution in [3.05, 3.63) is 68.8 Å². The van der Waals surface area contributed by atoms with E-state index in [-0.39, 0.29) is 22.3 Å². The molecule has 0 radical (unpaired) electrons. The zero-order valence-electron chi connectivity index (χ0n) is 15.3. The van der Waals surface area contributed by atoms with Crippen molar-refractivity contribution in [2.75, 3.05) is 0 Å². The number of rotatable bonds is 4. The van der Waals surface area contributed by atoms with E-state index in [0.717, 1.165) is 6.42 Å². The van der Waals surface area contributed by atoms with Crippen LogP contribution >= 0.6 is 0 Å². The van der Waals surface area contributed by atoms with Gasteiger partial charge < -0.3 is 20.4 Å². The molecule has 0 atom stereocenters. The second-order valence-electron chi connectivity index (χ2n) is 6.81. The van der Waals surface area contributed by atoms with E-state index in [1.54, 1.807) is 0 Å². The Morgan fingerprint density at radius 2 is 0.724 bits per heavy atom. The number of hydrogen-bond acceptors (Lipinski definition) is 4. The normalized spacial score (nSPS) is 13.2. The highest BCUT2D eigenvalue weighted by molar-refractivity contribution is 5.96. The average Bonchev–Trinajstić information content (AvgIpc) is 3.10. The molecule has 2 aliphatic carbocycles. The summed E-state index contributed by atoms with van der Waals surface area (Å²) < 4.78 is 0. The molecule has 29 heavy (non-hydrogen) atoms. The molecule has 0 saturated heterocycles. The van der Waals surface area contributed by atoms with Crippen molar-refractivity contribution in [2.24, 2.45) is 0 Å². The van der Waals surface area contributed by atoms with E-state index in [2.05, 4.69) is 0 Å². The van der Waals surface area contributed by atoms with Crippen LogP contribution in [0.1, 0.15) is 70.1 Å². The summed E-state index contributed by atoms with van der Waals surface area (Å²) in [6, 6.07) is 5.50. The van der Waals surface area contributed by atoms with Gasteiger partial charge in [0.05, 0.1) is 22.3 Å². The second-order valence-corrected chi connectivity index (χ2v) is 6.81. The first kappa shape index (κ1) is 20.1. The number of benzene rings is 2. The van der Waals surface area contributed by atoms with Crippen LogP contribution in [0.15, 0.2) is 24.3 Å². The molecule has 0 bridgehead atoms. The maximum absolute atomic E-state index is 10.9. The summed E-state index contributed by atoms with van der Waals surface area (Å²) in [4.78, 5) is 43.3. The SMILES string of the molecule is O=C(O)c1ccc(C(=O)O)c2c1CC2.O=C(O)c1ccc(C(=O)O)c2c1CCC2. The standard InChI is InChI=1S/C11H10O4.C10H8O4/c12-10(13)8-4-5-9(11(14)15)7-3-1-2-6(7)8;11-9(12)7-3-4-8(10(13)14)6-2-1-5(6)7/h4-5H,1-3H2,(H,12,13)(H,14,15);3-4H,1-2H2,(H,11,12)(H,13,14). The zero-order chi connectivity index (χ0) is 21.3. The van der Waals surface area contributed by atoms with E-state index in [0.29, 0.717) is 47.9 Å². The molecule has 8 heteroatoms. The van der Waals surface area contributed by atoms with Gasteiger partial charge in [-0.2, -0.15) is 0 Å². The predicted octanol–water partition coefficient (Wildman–Crippen LogP) is 2.75. The van der Waals surface area contributed by atoms with Crippen molar-refractivity contribution < 1.29 is 39.6 Å². The summed E-state index contributed by atoms with van der Waals surface area (Å²) in [5, 5.41) is 35.5. The van der Waals surface area contributed by atoms with Crippen LogP contribution in [-0.4, -0.2) is 44.3 Å². The average molecular weight is 398 g/mol. The highest BCUT2D eigenvalue weighted by Crippen LogP contribution is 2.30. The van der Waals surface area contributed by atoms with E-state index in [1.165, 1.54) is 24.3 Å². The van der Waals surface area contributed by atoms with Crippen LogP contribution in [0.5, 0.6) is 0 Å². The largest absolute Gasteiger partial charge is 0.478 e. The van der Waals surface area contributed by atoms with Gasteiger partial charge in [-0.3, -0.25) is 0 Å². The summed E-state index contributed by atoms with van der Waals surface area (Å²) in [5.74, 6) is -3.94. The minimum absolute atomic E-state index is 0.233. The van der Waals surface area contributed by atoms with Gasteiger partial charge >= 0.3 is 23.9 Å². The zero-order valence-corrected chi connectivity index (χ0v) is 15.3. The molecule has 4 N–H and O–H groups in total. The topological polar surface area (TPSA) is 149 Å². The number of carboxylic acids is 4. The minimum atomic E-state index is -0.988. The Bertz CT molecular complexity index is 969. The third-order valence-electron chi connectivity index (χ3n) is 5.26. The first-order chi connectivity index (χ1) is 13.7. The number of fused-ring (bicyclic) bond motifs is 2. The number of hydrogen-bond donors (Lipinski definition) is 4. The first-order valence-corrected chi connectivity index (χ1v) is 8.95. The number of aromatic carboxylic acids is 4. The molecule has 2 aromatic carbocycles. The Morgan fingerprint density at radius 3 is 0.931 bits per heavy atom. The Hall–Kier alpha value is -3.68. The molecule has 0 heterocycles. The lowest BCUT2D eigenvalue weighted by molar-refractivity contribution is 0.0677. The molecular formula is C21H18O8. The van der Waals surface area contributed by atoms with Gasteiger partial charge in [-0.05, 0) is 78.6 Å². The summed E-state index contributed by atoms with van der Waals surface area (Å²) in [7, 11) is 0. The summed E-state index contributed by atoms with van der Waals surface area (Å²) in [5.41, 5.74) is 3.70. The lowest BCUT2D eigenvalue weighted by atomic mass is 9.81. The summed E-state index contributed by atoms with van der Waals surface area (Å²) in [6.07, 6.45) is 3.49. The molecule has 2 aromatic rings. The summed E-state index contributed by atoms with van der Waals surface area (Å²) in [6.45, 7) is 0. The smallest absolute Gasteiger partial charge is 0.335 e. The number of carbonyl (C=O) groups is 4. The van der Waals surface area contributed by atoms with Crippen molar-refractivity contribution in [1.29, 1.82) is 0 Å². The monoisotopic (exact) mass is 398 g/mol. The minimum Gasteiger partial charge on any atom is -0.478 e. The molecule has 8 nitrogen and oxygen atoms in total. The van der Waals surface area contributed by atoms with Crippen LogP contribution in [0.4, 0.5) is 0 Å². The molecule has 0 aliphatic heterocycles. The molecule has 2 aliphatic rings. The molecule has 0 fully saturated rings. The van der Waals surface area contributed by atoms with Gasteiger partial charge in [0.25, 0.3) is 0 Å². The van der Waals surface area contributed by atoms with Crippen molar-refractivity contribution in [3.8, 4) is 0 Å². The first-order valence-electron chi connectivity index (χ1n) is 8.95. The highest BCUT2D eigenvalue weighted by Gasteiger charge is 2.26. The molecular weight excluding hydrogens is 380 g/mol. The molecule has 0 saturated carbocycles. The third kappa shape index (κ3) is 3.69. The van der Waals surface area contributed by atoms with Crippen LogP contribution in [-0.2, 0) is 25.7 Å². The lowest BCUT2D eigenvalue weighted by Crippen LogP contribution is -2.19. The van der Waals surface area contributed by atoms with Gasteiger partial charge in [-0.25, -0.2) is 19.2 Å². The Kier molecular flexibility index (Phi) is 5.36. The van der Waals surface area contributed by atoms with E-state index >= 15 is 0 Å². The van der Waals surface area contributed by atoms with Gasteiger partial charge in [-0.1, -0.05) is 0 Å². The van der Waals surface area contributed by atoms with Gasteiger partial charge in [-0.15, -0.1) is 0 Å². The van der Waals surface area contributed by atoms with E-state index < -0.39 is 23.9 Å². The van der Waals surface area contributed by atoms with E-state index in [1.807, 2.05) is 0 Å². The van der Waals surface area contributed by atoms with Gasteiger partial charge in [0.2, 0.25) is 0 Å². The Labute approximate surface area is 165 Å². The maximum Gasteiger partial charge on any atom is 0.335 e. The fraction of sp³-hybridized carbons (Fsp3) is 0.238. The molecule has 0 spiro atoms. The van der Waals surface area contributed by atoms with Crippen molar-refractivity contribution in [1.82, 2.24) is 0 Å². The quantitative estimate of drug-likeness (QED) is 0.614. The fourth-order valence-corrected chi connectivity index (χ4v) is 3.84. The molecule has 0 amide bonds. The van der Waals surface area contributed by atoms with Crippen LogP contribution in [0.25, 0.3) is 0 Å². The van der Waals surface area contributed by atoms with E-state index in [9.17, 15) is 19.2 Å². The van der Waals surface area contributed by atoms with Crippen LogP contribution in [0.3, 0.4) is 0 Å². The van der Waals surface area contributed by atoms with Gasteiger partial charge in [0.1, 0.15) is 0 Å². The molecule has 0 aromatic heterocycles. The summed E-state index contributed by atoms with van der Waals surface area (Å²) >= 11 is 0. The van der Waals surface area contributed by atoms with E-state index in [4.69, 9.17) is 20.4 Å². The molecule has 0 unspecified atom stereocenters. The number of carboxylic acid groups (broad SMARTS) is 4. The van der Waals surface area contributed by atoms with Crippen LogP contribution < -0.4 is 0 Å². The second kappa shape index (κ2) is 7.75. The van der Waals surface area contributed by atoms with Crippen molar-refractivity contribution in [3.63, 3.8) is 0 Å². The van der Waals surface area contributed by atoms with Crippen LogP contribution in [0, 0.1) is 0 Å². The lowest BCUT2D eigenvalue weighted by Gasteiger charge is -2.22. The molecule has 150 valence electrons. The third-order valence-corrected chi connectivity index (χ3v) is 5.26. The van der Waals surface area contributed by atoms with Crippen LogP contribution in [0.2, 0.25) is 0 Å². The Balaban J connectivity index is 0.000000166. The molecule has 4 rings (SSSR count). The highest BCUT2D eigenvalue weighted by atomic mass is 16.4. The predicted molar refractivity (Wildman–Crippen MR) is 100 cm³/mol. The maximum atomic E-state index is 10.9. The van der Waals surface area contributed by atoms with Crippen molar-refractivity contribution in [2.45, 2.75) is 32.1 Å².